The number of hydrogen-bond donors (Lipinski definition) is 3. The van der Waals surface area contributed by atoms with Crippen LogP contribution in [0.3, 0.4) is 0 Å². The van der Waals surface area contributed by atoms with Crippen LogP contribution in [0, 0.1) is 21.7 Å². The Morgan fingerprint density at radius 1 is 1.02 bits per heavy atom. The second-order valence-corrected chi connectivity index (χ2v) is 15.8. The minimum Gasteiger partial charge on any atom is -0.392 e. The Balaban J connectivity index is 2.66. The number of benzene rings is 1. The van der Waals surface area contributed by atoms with E-state index >= 15 is 0 Å². The molecule has 1 aliphatic heterocycles. The SMILES string of the molecule is C=C/C(Cc1cc(/C(=C/C(C)(C)C)CC(C)(C)C)cc(NC2CCN(C(=C)C(C)(C)C)CC2)c1C=N)=C(C)\C=C(\C)NC. The zero-order valence-corrected chi connectivity index (χ0v) is 29.6. The first-order valence-corrected chi connectivity index (χ1v) is 16.1. The zero-order valence-electron chi connectivity index (χ0n) is 29.6. The molecule has 1 aromatic rings. The van der Waals surface area contributed by atoms with Crippen molar-refractivity contribution in [1.82, 2.24) is 10.2 Å². The summed E-state index contributed by atoms with van der Waals surface area (Å²) in [4.78, 5) is 2.45. The molecular weight excluding hydrogens is 524 g/mol. The van der Waals surface area contributed by atoms with Gasteiger partial charge in [0, 0.05) is 60.5 Å². The third kappa shape index (κ3) is 11.2. The molecular formula is C39H62N4. The van der Waals surface area contributed by atoms with Gasteiger partial charge in [-0.2, -0.15) is 0 Å². The van der Waals surface area contributed by atoms with Gasteiger partial charge in [0.2, 0.25) is 0 Å². The monoisotopic (exact) mass is 586 g/mol. The number of anilines is 1. The van der Waals surface area contributed by atoms with Gasteiger partial charge in [0.25, 0.3) is 0 Å². The van der Waals surface area contributed by atoms with E-state index in [2.05, 4.69) is 129 Å². The molecule has 0 saturated carbocycles. The lowest BCUT2D eigenvalue weighted by molar-refractivity contribution is 0.223. The molecule has 0 amide bonds. The Hall–Kier alpha value is -3.01. The van der Waals surface area contributed by atoms with Crippen molar-refractivity contribution < 1.29 is 0 Å². The number of hydrogen-bond acceptors (Lipinski definition) is 4. The lowest BCUT2D eigenvalue weighted by Crippen LogP contribution is -2.41. The second kappa shape index (κ2) is 14.6. The van der Waals surface area contributed by atoms with Crippen LogP contribution >= 0.6 is 0 Å². The van der Waals surface area contributed by atoms with E-state index in [1.165, 1.54) is 28.0 Å². The van der Waals surface area contributed by atoms with Gasteiger partial charge in [-0.15, -0.1) is 0 Å². The van der Waals surface area contributed by atoms with E-state index in [1.54, 1.807) is 6.21 Å². The van der Waals surface area contributed by atoms with Crippen LogP contribution in [-0.2, 0) is 6.42 Å². The fourth-order valence-electron chi connectivity index (χ4n) is 5.72. The maximum Gasteiger partial charge on any atom is 0.0440 e. The van der Waals surface area contributed by atoms with Crippen LogP contribution in [0.15, 0.2) is 66.1 Å². The lowest BCUT2D eigenvalue weighted by Gasteiger charge is -2.40. The molecule has 0 atom stereocenters. The van der Waals surface area contributed by atoms with E-state index in [4.69, 9.17) is 5.41 Å². The minimum atomic E-state index is 0.0507. The van der Waals surface area contributed by atoms with Gasteiger partial charge in [-0.05, 0) is 90.3 Å². The molecule has 0 aliphatic carbocycles. The molecule has 1 heterocycles. The number of piperidine rings is 1. The number of rotatable bonds is 11. The highest BCUT2D eigenvalue weighted by Crippen LogP contribution is 2.38. The molecule has 1 fully saturated rings. The van der Waals surface area contributed by atoms with E-state index in [-0.39, 0.29) is 16.2 Å². The van der Waals surface area contributed by atoms with Crippen LogP contribution in [0.1, 0.15) is 112 Å². The Bertz CT molecular complexity index is 1240. The van der Waals surface area contributed by atoms with Crippen LogP contribution in [0.2, 0.25) is 0 Å². The summed E-state index contributed by atoms with van der Waals surface area (Å²) in [5.41, 5.74) is 10.8. The quantitative estimate of drug-likeness (QED) is 0.179. The molecule has 0 unspecified atom stereocenters. The molecule has 1 aliphatic rings. The van der Waals surface area contributed by atoms with Gasteiger partial charge < -0.3 is 20.9 Å². The van der Waals surface area contributed by atoms with Gasteiger partial charge in [-0.3, -0.25) is 0 Å². The van der Waals surface area contributed by atoms with E-state index in [0.29, 0.717) is 6.04 Å². The first-order valence-electron chi connectivity index (χ1n) is 16.1. The van der Waals surface area contributed by atoms with Crippen molar-refractivity contribution in [3.63, 3.8) is 0 Å². The van der Waals surface area contributed by atoms with E-state index in [1.807, 2.05) is 13.1 Å². The number of allylic oxidation sites excluding steroid dienone is 8. The summed E-state index contributed by atoms with van der Waals surface area (Å²) in [6.45, 7) is 35.3. The second-order valence-electron chi connectivity index (χ2n) is 15.8. The normalized spacial score (nSPS) is 16.5. The topological polar surface area (TPSA) is 51.2 Å². The number of likely N-dealkylation sites (tertiary alicyclic amines) is 1. The zero-order chi connectivity index (χ0) is 32.8. The van der Waals surface area contributed by atoms with Crippen LogP contribution < -0.4 is 10.6 Å². The maximum absolute atomic E-state index is 8.55. The highest BCUT2D eigenvalue weighted by molar-refractivity contribution is 5.90. The van der Waals surface area contributed by atoms with Gasteiger partial charge in [0.1, 0.15) is 0 Å². The lowest BCUT2D eigenvalue weighted by atomic mass is 9.80. The molecule has 0 spiro atoms. The van der Waals surface area contributed by atoms with Crippen LogP contribution in [0.4, 0.5) is 5.69 Å². The number of nitrogens with one attached hydrogen (secondary N) is 3. The Labute approximate surface area is 265 Å². The summed E-state index contributed by atoms with van der Waals surface area (Å²) in [7, 11) is 1.95. The molecule has 238 valence electrons. The highest BCUT2D eigenvalue weighted by Gasteiger charge is 2.27. The summed E-state index contributed by atoms with van der Waals surface area (Å²) in [6.07, 6.45) is 11.9. The van der Waals surface area contributed by atoms with E-state index in [9.17, 15) is 0 Å². The van der Waals surface area contributed by atoms with Crippen LogP contribution in [0.5, 0.6) is 0 Å². The van der Waals surface area contributed by atoms with Crippen LogP contribution in [0.25, 0.3) is 5.57 Å². The van der Waals surface area contributed by atoms with Crippen molar-refractivity contribution in [3.8, 4) is 0 Å². The Kier molecular flexibility index (Phi) is 12.3. The van der Waals surface area contributed by atoms with Crippen LogP contribution in [-0.4, -0.2) is 37.3 Å². The standard InChI is InChI=1S/C39H62N4/c1-15-30(27(2)20-28(3)41-14)21-32-22-31(33(24-37(5,6)7)25-38(8,9)10)23-36(35(32)26-40)42-34-16-18-43(19-17-34)29(4)39(11,12)13/h15,20,22-24,26,34,40-42H,1,4,16-19,21,25H2,2-3,5-14H3/b28-20-,30-27+,33-24+,40-26?. The van der Waals surface area contributed by atoms with Gasteiger partial charge in [-0.1, -0.05) is 93.7 Å². The van der Waals surface area contributed by atoms with Gasteiger partial charge >= 0.3 is 0 Å². The van der Waals surface area contributed by atoms with Crippen molar-refractivity contribution >= 4 is 17.5 Å². The van der Waals surface area contributed by atoms with E-state index in [0.717, 1.165) is 61.3 Å². The summed E-state index contributed by atoms with van der Waals surface area (Å²) in [5, 5.41) is 15.7. The molecule has 2 rings (SSSR count). The predicted octanol–water partition coefficient (Wildman–Crippen LogP) is 10.2. The molecule has 4 heteroatoms. The first kappa shape index (κ1) is 36.2. The third-order valence-corrected chi connectivity index (χ3v) is 8.17. The fourth-order valence-corrected chi connectivity index (χ4v) is 5.72. The van der Waals surface area contributed by atoms with Crippen molar-refractivity contribution in [2.24, 2.45) is 16.2 Å². The van der Waals surface area contributed by atoms with Crippen molar-refractivity contribution in [1.29, 1.82) is 5.41 Å². The van der Waals surface area contributed by atoms with Gasteiger partial charge in [-0.25, -0.2) is 0 Å². The molecule has 0 radical (unpaired) electrons. The first-order chi connectivity index (χ1) is 19.8. The average molecular weight is 587 g/mol. The largest absolute Gasteiger partial charge is 0.392 e. The summed E-state index contributed by atoms with van der Waals surface area (Å²) >= 11 is 0. The van der Waals surface area contributed by atoms with E-state index < -0.39 is 0 Å². The maximum atomic E-state index is 8.55. The minimum absolute atomic E-state index is 0.0507. The molecule has 1 saturated heterocycles. The highest BCUT2D eigenvalue weighted by atomic mass is 15.2. The van der Waals surface area contributed by atoms with Crippen molar-refractivity contribution in [2.75, 3.05) is 25.5 Å². The Morgan fingerprint density at radius 2 is 1.63 bits per heavy atom. The molecule has 43 heavy (non-hydrogen) atoms. The molecule has 0 aromatic heterocycles. The van der Waals surface area contributed by atoms with Gasteiger partial charge in [0.05, 0.1) is 0 Å². The summed E-state index contributed by atoms with van der Waals surface area (Å²) in [5.74, 6) is 0. The fraction of sp³-hybridized carbons (Fsp3) is 0.564. The average Bonchev–Trinajstić information content (AvgIpc) is 2.88. The van der Waals surface area contributed by atoms with Crippen molar-refractivity contribution in [2.45, 2.75) is 108 Å². The summed E-state index contributed by atoms with van der Waals surface area (Å²) in [6, 6.07) is 4.99. The molecule has 4 nitrogen and oxygen atoms in total. The van der Waals surface area contributed by atoms with Gasteiger partial charge in [0.15, 0.2) is 0 Å². The number of nitrogens with zero attached hydrogens (tertiary/aromatic N) is 1. The molecule has 3 N–H and O–H groups in total. The Morgan fingerprint density at radius 3 is 2.09 bits per heavy atom. The van der Waals surface area contributed by atoms with Crippen molar-refractivity contribution in [3.05, 3.63) is 82.7 Å². The summed E-state index contributed by atoms with van der Waals surface area (Å²) < 4.78 is 0. The third-order valence-electron chi connectivity index (χ3n) is 8.17. The molecule has 1 aromatic carbocycles. The smallest absolute Gasteiger partial charge is 0.0440 e. The predicted molar refractivity (Wildman–Crippen MR) is 192 cm³/mol. The molecule has 0 bridgehead atoms.